The van der Waals surface area contributed by atoms with Gasteiger partial charge >= 0.3 is 0 Å². The SMILES string of the molecule is COc1cc2c(cc1C)C(=O)C(=O)c1c(C)cc(O)cc1-2. The zero-order valence-corrected chi connectivity index (χ0v) is 12.0. The molecule has 0 spiro atoms. The minimum atomic E-state index is -0.528. The van der Waals surface area contributed by atoms with Crippen molar-refractivity contribution in [2.24, 2.45) is 0 Å². The molecule has 21 heavy (non-hydrogen) atoms. The average molecular weight is 282 g/mol. The van der Waals surface area contributed by atoms with E-state index in [1.165, 1.54) is 12.1 Å². The first kappa shape index (κ1) is 13.4. The van der Waals surface area contributed by atoms with E-state index in [4.69, 9.17) is 4.74 Å². The number of carbonyl (C=O) groups is 2. The molecular weight excluding hydrogens is 268 g/mol. The molecule has 0 heterocycles. The summed E-state index contributed by atoms with van der Waals surface area (Å²) >= 11 is 0. The molecule has 106 valence electrons. The molecule has 4 heteroatoms. The van der Waals surface area contributed by atoms with Gasteiger partial charge in [-0.05, 0) is 60.4 Å². The second-order valence-electron chi connectivity index (χ2n) is 5.21. The molecule has 0 unspecified atom stereocenters. The molecule has 0 bridgehead atoms. The first-order valence-corrected chi connectivity index (χ1v) is 6.55. The molecule has 0 saturated carbocycles. The monoisotopic (exact) mass is 282 g/mol. The van der Waals surface area contributed by atoms with Crippen LogP contribution in [0.25, 0.3) is 11.1 Å². The van der Waals surface area contributed by atoms with Crippen LogP contribution in [-0.4, -0.2) is 23.8 Å². The van der Waals surface area contributed by atoms with Gasteiger partial charge < -0.3 is 9.84 Å². The third-order valence-electron chi connectivity index (χ3n) is 3.82. The van der Waals surface area contributed by atoms with Gasteiger partial charge in [0.05, 0.1) is 7.11 Å². The number of fused-ring (bicyclic) bond motifs is 3. The maximum absolute atomic E-state index is 12.3. The van der Waals surface area contributed by atoms with Crippen molar-refractivity contribution in [2.45, 2.75) is 13.8 Å². The third-order valence-corrected chi connectivity index (χ3v) is 3.82. The molecule has 3 rings (SSSR count). The largest absolute Gasteiger partial charge is 0.508 e. The van der Waals surface area contributed by atoms with Gasteiger partial charge in [0.2, 0.25) is 11.6 Å². The van der Waals surface area contributed by atoms with Crippen molar-refractivity contribution >= 4 is 11.6 Å². The summed E-state index contributed by atoms with van der Waals surface area (Å²) in [5.74, 6) is -0.335. The summed E-state index contributed by atoms with van der Waals surface area (Å²) < 4.78 is 5.29. The Kier molecular flexibility index (Phi) is 2.83. The van der Waals surface area contributed by atoms with Gasteiger partial charge in [-0.15, -0.1) is 0 Å². The van der Waals surface area contributed by atoms with E-state index < -0.39 is 11.6 Å². The number of hydrogen-bond donors (Lipinski definition) is 1. The van der Waals surface area contributed by atoms with Crippen molar-refractivity contribution in [3.8, 4) is 22.6 Å². The number of rotatable bonds is 1. The van der Waals surface area contributed by atoms with Crippen LogP contribution in [-0.2, 0) is 0 Å². The summed E-state index contributed by atoms with van der Waals surface area (Å²) in [5.41, 5.74) is 3.29. The molecule has 0 amide bonds. The Morgan fingerprint density at radius 1 is 0.857 bits per heavy atom. The van der Waals surface area contributed by atoms with Crippen LogP contribution in [0.4, 0.5) is 0 Å². The van der Waals surface area contributed by atoms with Gasteiger partial charge in [0, 0.05) is 11.1 Å². The highest BCUT2D eigenvalue weighted by molar-refractivity contribution is 6.53. The van der Waals surface area contributed by atoms with Crippen LogP contribution in [0, 0.1) is 13.8 Å². The summed E-state index contributed by atoms with van der Waals surface area (Å²) in [6, 6.07) is 6.41. The minimum Gasteiger partial charge on any atom is -0.508 e. The van der Waals surface area contributed by atoms with E-state index in [-0.39, 0.29) is 5.75 Å². The number of aromatic hydroxyl groups is 1. The predicted octanol–water partition coefficient (Wildman–Crippen LogP) is 3.06. The van der Waals surface area contributed by atoms with Gasteiger partial charge in [0.25, 0.3) is 0 Å². The van der Waals surface area contributed by atoms with Gasteiger partial charge in [0.1, 0.15) is 11.5 Å². The summed E-state index contributed by atoms with van der Waals surface area (Å²) in [6.45, 7) is 3.53. The van der Waals surface area contributed by atoms with Crippen LogP contribution in [0.3, 0.4) is 0 Å². The number of ether oxygens (including phenoxy) is 1. The highest BCUT2D eigenvalue weighted by atomic mass is 16.5. The molecule has 2 aromatic rings. The molecule has 1 N–H and O–H groups in total. The van der Waals surface area contributed by atoms with Crippen LogP contribution in [0.1, 0.15) is 31.8 Å². The van der Waals surface area contributed by atoms with E-state index >= 15 is 0 Å². The first-order chi connectivity index (χ1) is 9.93. The van der Waals surface area contributed by atoms with Crippen LogP contribution in [0.15, 0.2) is 24.3 Å². The topological polar surface area (TPSA) is 63.6 Å². The number of phenolic OH excluding ortho intramolecular Hbond substituents is 1. The molecule has 0 radical (unpaired) electrons. The van der Waals surface area contributed by atoms with Crippen molar-refractivity contribution in [3.63, 3.8) is 0 Å². The van der Waals surface area contributed by atoms with Crippen LogP contribution < -0.4 is 4.74 Å². The van der Waals surface area contributed by atoms with E-state index in [1.807, 2.05) is 6.92 Å². The molecule has 4 nitrogen and oxygen atoms in total. The number of methoxy groups -OCH3 is 1. The van der Waals surface area contributed by atoms with Crippen molar-refractivity contribution in [3.05, 3.63) is 46.5 Å². The van der Waals surface area contributed by atoms with E-state index in [9.17, 15) is 14.7 Å². The fourth-order valence-corrected chi connectivity index (χ4v) is 2.84. The fraction of sp³-hybridized carbons (Fsp3) is 0.176. The van der Waals surface area contributed by atoms with Gasteiger partial charge in [-0.1, -0.05) is 0 Å². The van der Waals surface area contributed by atoms with E-state index in [2.05, 4.69) is 0 Å². The molecule has 0 saturated heterocycles. The van der Waals surface area contributed by atoms with Crippen molar-refractivity contribution < 1.29 is 19.4 Å². The van der Waals surface area contributed by atoms with E-state index in [0.717, 1.165) is 5.56 Å². The van der Waals surface area contributed by atoms with Crippen LogP contribution in [0.2, 0.25) is 0 Å². The minimum absolute atomic E-state index is 0.0684. The summed E-state index contributed by atoms with van der Waals surface area (Å²) in [6.07, 6.45) is 0. The first-order valence-electron chi connectivity index (χ1n) is 6.55. The second kappa shape index (κ2) is 4.45. The van der Waals surface area contributed by atoms with Gasteiger partial charge in [-0.25, -0.2) is 0 Å². The third kappa shape index (κ3) is 1.83. The van der Waals surface area contributed by atoms with Gasteiger partial charge in [-0.2, -0.15) is 0 Å². The lowest BCUT2D eigenvalue weighted by atomic mass is 9.81. The second-order valence-corrected chi connectivity index (χ2v) is 5.21. The van der Waals surface area contributed by atoms with Crippen molar-refractivity contribution in [1.29, 1.82) is 0 Å². The Morgan fingerprint density at radius 3 is 2.24 bits per heavy atom. The van der Waals surface area contributed by atoms with Crippen molar-refractivity contribution in [1.82, 2.24) is 0 Å². The summed E-state index contributed by atoms with van der Waals surface area (Å²) in [7, 11) is 1.55. The number of Topliss-reactive ketones (excluding diaryl/α,β-unsaturated/α-hetero) is 2. The Bertz CT molecular complexity index is 803. The average Bonchev–Trinajstić information content (AvgIpc) is 2.43. The Hall–Kier alpha value is -2.62. The highest BCUT2D eigenvalue weighted by Crippen LogP contribution is 2.40. The Morgan fingerprint density at radius 2 is 1.57 bits per heavy atom. The van der Waals surface area contributed by atoms with E-state index in [0.29, 0.717) is 33.6 Å². The number of ketones is 2. The lowest BCUT2D eigenvalue weighted by Gasteiger charge is -2.21. The molecule has 2 aromatic carbocycles. The fourth-order valence-electron chi connectivity index (χ4n) is 2.84. The molecule has 0 fully saturated rings. The quantitative estimate of drug-likeness (QED) is 0.816. The maximum Gasteiger partial charge on any atom is 0.234 e. The lowest BCUT2D eigenvalue weighted by Crippen LogP contribution is -2.22. The normalized spacial score (nSPS) is 12.9. The van der Waals surface area contributed by atoms with Gasteiger partial charge in [0.15, 0.2) is 0 Å². The number of aryl methyl sites for hydroxylation is 2. The smallest absolute Gasteiger partial charge is 0.234 e. The number of hydrogen-bond acceptors (Lipinski definition) is 4. The molecule has 0 aromatic heterocycles. The zero-order chi connectivity index (χ0) is 15.3. The van der Waals surface area contributed by atoms with Gasteiger partial charge in [-0.3, -0.25) is 9.59 Å². The molecular formula is C17H14O4. The zero-order valence-electron chi connectivity index (χ0n) is 12.0. The van der Waals surface area contributed by atoms with Crippen LogP contribution in [0.5, 0.6) is 11.5 Å². The van der Waals surface area contributed by atoms with E-state index in [1.54, 1.807) is 26.2 Å². The number of benzene rings is 2. The molecule has 1 aliphatic carbocycles. The molecule has 0 aliphatic heterocycles. The molecule has 0 atom stereocenters. The number of phenols is 1. The summed E-state index contributed by atoms with van der Waals surface area (Å²) in [5, 5.41) is 9.80. The highest BCUT2D eigenvalue weighted by Gasteiger charge is 2.32. The Labute approximate surface area is 122 Å². The Balaban J connectivity index is 2.42. The predicted molar refractivity (Wildman–Crippen MR) is 78.2 cm³/mol. The summed E-state index contributed by atoms with van der Waals surface area (Å²) in [4.78, 5) is 24.6. The van der Waals surface area contributed by atoms with Crippen LogP contribution >= 0.6 is 0 Å². The maximum atomic E-state index is 12.3. The van der Waals surface area contributed by atoms with Crippen molar-refractivity contribution in [2.75, 3.05) is 7.11 Å². The lowest BCUT2D eigenvalue weighted by molar-refractivity contribution is 0.0815. The molecule has 1 aliphatic rings. The standard InChI is InChI=1S/C17H14O4/c1-8-5-13-11(7-14(8)21-3)12-6-10(18)4-9(2)15(12)17(20)16(13)19/h4-7,18H,1-3H3. The number of carbonyl (C=O) groups excluding carboxylic acids is 2.